The van der Waals surface area contributed by atoms with Crippen molar-refractivity contribution in [2.75, 3.05) is 6.61 Å². The number of rotatable bonds is 6. The van der Waals surface area contributed by atoms with Crippen LogP contribution in [0.4, 0.5) is 0 Å². The number of benzene rings is 2. The van der Waals surface area contributed by atoms with E-state index in [-0.39, 0.29) is 23.8 Å². The first-order valence-electron chi connectivity index (χ1n) is 9.45. The molecular formula is C22H26N2O3. The maximum Gasteiger partial charge on any atom is 0.251 e. The van der Waals surface area contributed by atoms with Crippen LogP contribution in [-0.2, 0) is 17.8 Å². The van der Waals surface area contributed by atoms with E-state index in [2.05, 4.69) is 10.6 Å². The van der Waals surface area contributed by atoms with Crippen LogP contribution < -0.4 is 15.4 Å². The van der Waals surface area contributed by atoms with Crippen molar-refractivity contribution in [2.45, 2.75) is 39.3 Å². The number of hydrogen-bond acceptors (Lipinski definition) is 3. The third-order valence-corrected chi connectivity index (χ3v) is 4.90. The van der Waals surface area contributed by atoms with Gasteiger partial charge in [0, 0.05) is 18.2 Å². The van der Waals surface area contributed by atoms with Gasteiger partial charge in [0.2, 0.25) is 5.91 Å². The zero-order valence-corrected chi connectivity index (χ0v) is 15.8. The Bertz CT molecular complexity index is 819. The Kier molecular flexibility index (Phi) is 6.12. The molecule has 0 aromatic heterocycles. The highest BCUT2D eigenvalue weighted by Gasteiger charge is 2.25. The first-order chi connectivity index (χ1) is 13.1. The molecular weight excluding hydrogens is 340 g/mol. The Hall–Kier alpha value is -2.82. The first-order valence-corrected chi connectivity index (χ1v) is 9.45. The molecule has 2 amide bonds. The number of hydrogen-bond donors (Lipinski definition) is 2. The molecule has 0 radical (unpaired) electrons. The van der Waals surface area contributed by atoms with Gasteiger partial charge in [-0.2, -0.15) is 0 Å². The third-order valence-electron chi connectivity index (χ3n) is 4.90. The average molecular weight is 366 g/mol. The molecule has 27 heavy (non-hydrogen) atoms. The van der Waals surface area contributed by atoms with Crippen molar-refractivity contribution >= 4 is 11.8 Å². The van der Waals surface area contributed by atoms with E-state index in [1.54, 1.807) is 6.07 Å². The molecule has 0 spiro atoms. The molecule has 1 aliphatic rings. The first kappa shape index (κ1) is 19.0. The normalized spacial score (nSPS) is 16.6. The van der Waals surface area contributed by atoms with Crippen LogP contribution in [0.25, 0.3) is 0 Å². The Morgan fingerprint density at radius 1 is 1.19 bits per heavy atom. The van der Waals surface area contributed by atoms with Crippen LogP contribution in [0.15, 0.2) is 48.5 Å². The number of nitrogens with one attached hydrogen (secondary N) is 2. The summed E-state index contributed by atoms with van der Waals surface area (Å²) in [6.45, 7) is 4.79. The molecule has 2 aromatic carbocycles. The summed E-state index contributed by atoms with van der Waals surface area (Å²) < 4.78 is 5.69. The molecule has 2 unspecified atom stereocenters. The fourth-order valence-corrected chi connectivity index (χ4v) is 3.06. The van der Waals surface area contributed by atoms with Crippen molar-refractivity contribution in [3.8, 4) is 5.75 Å². The van der Waals surface area contributed by atoms with E-state index in [0.717, 1.165) is 23.3 Å². The number of ether oxygens (including phenoxy) is 1. The van der Waals surface area contributed by atoms with Crippen LogP contribution in [0.3, 0.4) is 0 Å². The lowest BCUT2D eigenvalue weighted by molar-refractivity contribution is -0.126. The van der Waals surface area contributed by atoms with Crippen molar-refractivity contribution in [1.29, 1.82) is 0 Å². The molecule has 2 aromatic rings. The highest BCUT2D eigenvalue weighted by atomic mass is 16.5. The third kappa shape index (κ3) is 4.88. The lowest BCUT2D eigenvalue weighted by Crippen LogP contribution is -2.37. The molecule has 2 N–H and O–H groups in total. The Balaban J connectivity index is 1.56. The topological polar surface area (TPSA) is 67.4 Å². The van der Waals surface area contributed by atoms with Gasteiger partial charge in [0.25, 0.3) is 5.91 Å². The summed E-state index contributed by atoms with van der Waals surface area (Å²) in [5.74, 6) is 0.548. The standard InChI is InChI=1S/C22H26N2O3/c1-3-15(2)24-22(26)18-9-6-7-16(11-18)13-23-21(25)19-12-17-8-4-5-10-20(17)27-14-19/h4-11,15,19H,3,12-14H2,1-2H3,(H,23,25)(H,24,26). The van der Waals surface area contributed by atoms with Gasteiger partial charge in [-0.15, -0.1) is 0 Å². The van der Waals surface area contributed by atoms with Gasteiger partial charge < -0.3 is 15.4 Å². The molecule has 3 rings (SSSR count). The van der Waals surface area contributed by atoms with E-state index in [9.17, 15) is 9.59 Å². The van der Waals surface area contributed by atoms with E-state index in [4.69, 9.17) is 4.74 Å². The largest absolute Gasteiger partial charge is 0.492 e. The van der Waals surface area contributed by atoms with Crippen LogP contribution in [0.2, 0.25) is 0 Å². The summed E-state index contributed by atoms with van der Waals surface area (Å²) in [6, 6.07) is 15.3. The van der Waals surface area contributed by atoms with Crippen LogP contribution in [0, 0.1) is 5.92 Å². The summed E-state index contributed by atoms with van der Waals surface area (Å²) in [4.78, 5) is 24.8. The minimum absolute atomic E-state index is 0.0287. The predicted octanol–water partition coefficient (Wildman–Crippen LogP) is 3.08. The van der Waals surface area contributed by atoms with Gasteiger partial charge in [0.05, 0.1) is 5.92 Å². The zero-order chi connectivity index (χ0) is 19.2. The Morgan fingerprint density at radius 2 is 2.00 bits per heavy atom. The lowest BCUT2D eigenvalue weighted by atomic mass is 9.96. The van der Waals surface area contributed by atoms with Crippen molar-refractivity contribution in [2.24, 2.45) is 5.92 Å². The van der Waals surface area contributed by atoms with Crippen molar-refractivity contribution in [3.63, 3.8) is 0 Å². The lowest BCUT2D eigenvalue weighted by Gasteiger charge is -2.24. The number of carbonyl (C=O) groups is 2. The van der Waals surface area contributed by atoms with Gasteiger partial charge in [-0.05, 0) is 49.1 Å². The maximum absolute atomic E-state index is 12.5. The van der Waals surface area contributed by atoms with Crippen molar-refractivity contribution < 1.29 is 14.3 Å². The van der Waals surface area contributed by atoms with E-state index < -0.39 is 0 Å². The van der Waals surface area contributed by atoms with Gasteiger partial charge in [-0.25, -0.2) is 0 Å². The summed E-state index contributed by atoms with van der Waals surface area (Å²) in [7, 11) is 0. The minimum Gasteiger partial charge on any atom is -0.492 e. The van der Waals surface area contributed by atoms with Crippen LogP contribution in [0.5, 0.6) is 5.75 Å². The molecule has 0 aliphatic carbocycles. The second kappa shape index (κ2) is 8.71. The molecule has 0 fully saturated rings. The van der Waals surface area contributed by atoms with Gasteiger partial charge in [0.15, 0.2) is 0 Å². The zero-order valence-electron chi connectivity index (χ0n) is 15.8. The van der Waals surface area contributed by atoms with Crippen LogP contribution in [0.1, 0.15) is 41.8 Å². The van der Waals surface area contributed by atoms with Crippen LogP contribution >= 0.6 is 0 Å². The molecule has 5 heteroatoms. The second-order valence-electron chi connectivity index (χ2n) is 7.02. The molecule has 2 atom stereocenters. The number of fused-ring (bicyclic) bond motifs is 1. The highest BCUT2D eigenvalue weighted by Crippen LogP contribution is 2.26. The SMILES string of the molecule is CCC(C)NC(=O)c1cccc(CNC(=O)C2COc3ccccc3C2)c1. The fraction of sp³-hybridized carbons (Fsp3) is 0.364. The van der Waals surface area contributed by atoms with Gasteiger partial charge in [-0.1, -0.05) is 37.3 Å². The van der Waals surface area contributed by atoms with Gasteiger partial charge >= 0.3 is 0 Å². The van der Waals surface area contributed by atoms with Gasteiger partial charge in [-0.3, -0.25) is 9.59 Å². The summed E-state index contributed by atoms with van der Waals surface area (Å²) in [6.07, 6.45) is 1.56. The molecule has 0 saturated heterocycles. The van der Waals surface area contributed by atoms with Crippen LogP contribution in [-0.4, -0.2) is 24.5 Å². The van der Waals surface area contributed by atoms with E-state index in [1.807, 2.05) is 56.3 Å². The van der Waals surface area contributed by atoms with Crippen molar-refractivity contribution in [1.82, 2.24) is 10.6 Å². The van der Waals surface area contributed by atoms with E-state index in [0.29, 0.717) is 25.1 Å². The monoisotopic (exact) mass is 366 g/mol. The fourth-order valence-electron chi connectivity index (χ4n) is 3.06. The Labute approximate surface area is 160 Å². The maximum atomic E-state index is 12.5. The number of carbonyl (C=O) groups excluding carboxylic acids is 2. The highest BCUT2D eigenvalue weighted by molar-refractivity contribution is 5.94. The minimum atomic E-state index is -0.197. The Morgan fingerprint density at radius 3 is 2.81 bits per heavy atom. The van der Waals surface area contributed by atoms with Gasteiger partial charge in [0.1, 0.15) is 12.4 Å². The molecule has 0 bridgehead atoms. The summed E-state index contributed by atoms with van der Waals surface area (Å²) >= 11 is 0. The molecule has 5 nitrogen and oxygen atoms in total. The number of amides is 2. The second-order valence-corrected chi connectivity index (χ2v) is 7.02. The molecule has 0 saturated carbocycles. The summed E-state index contributed by atoms with van der Waals surface area (Å²) in [5, 5.41) is 5.92. The predicted molar refractivity (Wildman–Crippen MR) is 105 cm³/mol. The average Bonchev–Trinajstić information content (AvgIpc) is 2.71. The van der Waals surface area contributed by atoms with E-state index >= 15 is 0 Å². The molecule has 1 aliphatic heterocycles. The smallest absolute Gasteiger partial charge is 0.251 e. The van der Waals surface area contributed by atoms with E-state index in [1.165, 1.54) is 0 Å². The quantitative estimate of drug-likeness (QED) is 0.826. The molecule has 1 heterocycles. The number of para-hydroxylation sites is 1. The van der Waals surface area contributed by atoms with Crippen molar-refractivity contribution in [3.05, 3.63) is 65.2 Å². The summed E-state index contributed by atoms with van der Waals surface area (Å²) in [5.41, 5.74) is 2.57. The molecule has 142 valence electrons.